The van der Waals surface area contributed by atoms with Gasteiger partial charge in [-0.3, -0.25) is 4.79 Å². The number of nitrogens with zero attached hydrogens (tertiary/aromatic N) is 2. The molecular formula is C11H10N2O. The van der Waals surface area contributed by atoms with E-state index in [1.54, 1.807) is 6.07 Å². The van der Waals surface area contributed by atoms with Gasteiger partial charge in [0.05, 0.1) is 17.4 Å². The van der Waals surface area contributed by atoms with Crippen molar-refractivity contribution >= 4 is 17.3 Å². The first-order valence-electron chi connectivity index (χ1n) is 4.80. The second kappa shape index (κ2) is 2.67. The molecule has 1 aromatic carbocycles. The van der Waals surface area contributed by atoms with E-state index in [2.05, 4.69) is 9.55 Å². The lowest BCUT2D eigenvalue weighted by molar-refractivity contribution is 0.112. The number of imidazole rings is 1. The molecule has 3 rings (SSSR count). The van der Waals surface area contributed by atoms with Crippen molar-refractivity contribution in [3.05, 3.63) is 30.1 Å². The van der Waals surface area contributed by atoms with Gasteiger partial charge in [0.2, 0.25) is 0 Å². The molecule has 0 unspecified atom stereocenters. The van der Waals surface area contributed by atoms with E-state index >= 15 is 0 Å². The van der Waals surface area contributed by atoms with Gasteiger partial charge in [-0.2, -0.15) is 0 Å². The van der Waals surface area contributed by atoms with Crippen molar-refractivity contribution in [1.29, 1.82) is 0 Å². The van der Waals surface area contributed by atoms with Gasteiger partial charge in [0, 0.05) is 11.6 Å². The van der Waals surface area contributed by atoms with Crippen molar-refractivity contribution in [2.75, 3.05) is 0 Å². The lowest BCUT2D eigenvalue weighted by Crippen LogP contribution is -1.91. The number of aromatic nitrogens is 2. The van der Waals surface area contributed by atoms with Gasteiger partial charge >= 0.3 is 0 Å². The molecule has 1 aromatic heterocycles. The molecule has 3 nitrogen and oxygen atoms in total. The molecule has 1 fully saturated rings. The Balaban J connectivity index is 2.25. The highest BCUT2D eigenvalue weighted by atomic mass is 16.1. The van der Waals surface area contributed by atoms with Gasteiger partial charge < -0.3 is 4.57 Å². The summed E-state index contributed by atoms with van der Waals surface area (Å²) >= 11 is 0. The van der Waals surface area contributed by atoms with Crippen molar-refractivity contribution in [3.8, 4) is 0 Å². The summed E-state index contributed by atoms with van der Waals surface area (Å²) in [6.45, 7) is 0. The number of carbonyl (C=O) groups is 1. The third kappa shape index (κ3) is 1.05. The molecule has 3 heteroatoms. The summed E-state index contributed by atoms with van der Waals surface area (Å²) in [5, 5.41) is 0. The van der Waals surface area contributed by atoms with Gasteiger partial charge in [0.1, 0.15) is 6.29 Å². The number of hydrogen-bond donors (Lipinski definition) is 0. The molecule has 0 bridgehead atoms. The summed E-state index contributed by atoms with van der Waals surface area (Å²) in [4.78, 5) is 14.9. The number of benzene rings is 1. The molecule has 70 valence electrons. The van der Waals surface area contributed by atoms with E-state index in [1.807, 2.05) is 18.5 Å². The molecule has 1 heterocycles. The average Bonchev–Trinajstić information content (AvgIpc) is 2.98. The molecule has 0 aliphatic heterocycles. The van der Waals surface area contributed by atoms with Crippen LogP contribution < -0.4 is 0 Å². The van der Waals surface area contributed by atoms with Crippen LogP contribution in [0, 0.1) is 0 Å². The highest BCUT2D eigenvalue weighted by Crippen LogP contribution is 2.37. The molecule has 0 radical (unpaired) electrons. The fourth-order valence-corrected chi connectivity index (χ4v) is 1.76. The standard InChI is InChI=1S/C11H10N2O/c14-6-8-1-4-10-11(5-8)13(7-12-10)9-2-3-9/h1,4-7,9H,2-3H2. The molecule has 0 saturated heterocycles. The number of fused-ring (bicyclic) bond motifs is 1. The Morgan fingerprint density at radius 2 is 2.29 bits per heavy atom. The predicted molar refractivity (Wildman–Crippen MR) is 53.4 cm³/mol. The Labute approximate surface area is 81.4 Å². The molecule has 2 aromatic rings. The Morgan fingerprint density at radius 1 is 1.43 bits per heavy atom. The van der Waals surface area contributed by atoms with E-state index < -0.39 is 0 Å². The number of aldehydes is 1. The average molecular weight is 186 g/mol. The van der Waals surface area contributed by atoms with Crippen LogP contribution in [0.4, 0.5) is 0 Å². The fraction of sp³-hybridized carbons (Fsp3) is 0.273. The third-order valence-corrected chi connectivity index (χ3v) is 2.68. The first-order chi connectivity index (χ1) is 6.88. The third-order valence-electron chi connectivity index (χ3n) is 2.68. The summed E-state index contributed by atoms with van der Waals surface area (Å²) in [6.07, 6.45) is 5.22. The van der Waals surface area contributed by atoms with Gasteiger partial charge in [-0.25, -0.2) is 4.98 Å². The lowest BCUT2D eigenvalue weighted by atomic mass is 10.2. The van der Waals surface area contributed by atoms with E-state index in [0.717, 1.165) is 22.9 Å². The summed E-state index contributed by atoms with van der Waals surface area (Å²) in [6, 6.07) is 6.23. The van der Waals surface area contributed by atoms with Crippen molar-refractivity contribution in [1.82, 2.24) is 9.55 Å². The SMILES string of the molecule is O=Cc1ccc2ncn(C3CC3)c2c1. The molecule has 14 heavy (non-hydrogen) atoms. The minimum atomic E-state index is 0.613. The van der Waals surface area contributed by atoms with Gasteiger partial charge in [-0.05, 0) is 31.0 Å². The van der Waals surface area contributed by atoms with Crippen LogP contribution in [0.3, 0.4) is 0 Å². The number of rotatable bonds is 2. The monoisotopic (exact) mass is 186 g/mol. The summed E-state index contributed by atoms with van der Waals surface area (Å²) in [5.74, 6) is 0. The van der Waals surface area contributed by atoms with Crippen molar-refractivity contribution < 1.29 is 4.79 Å². The zero-order valence-corrected chi connectivity index (χ0v) is 7.68. The summed E-state index contributed by atoms with van der Waals surface area (Å²) < 4.78 is 2.17. The highest BCUT2D eigenvalue weighted by Gasteiger charge is 2.24. The fourth-order valence-electron chi connectivity index (χ4n) is 1.76. The molecule has 0 amide bonds. The zero-order chi connectivity index (χ0) is 9.54. The molecular weight excluding hydrogens is 176 g/mol. The minimum Gasteiger partial charge on any atom is -0.327 e. The van der Waals surface area contributed by atoms with Gasteiger partial charge in [0.25, 0.3) is 0 Å². The Morgan fingerprint density at radius 3 is 3.00 bits per heavy atom. The van der Waals surface area contributed by atoms with Gasteiger partial charge in [0.15, 0.2) is 0 Å². The normalized spacial score (nSPS) is 16.0. The van der Waals surface area contributed by atoms with Crippen molar-refractivity contribution in [2.24, 2.45) is 0 Å². The van der Waals surface area contributed by atoms with Crippen molar-refractivity contribution in [2.45, 2.75) is 18.9 Å². The van der Waals surface area contributed by atoms with Crippen LogP contribution in [-0.4, -0.2) is 15.8 Å². The Kier molecular flexibility index (Phi) is 1.48. The lowest BCUT2D eigenvalue weighted by Gasteiger charge is -2.00. The number of carbonyl (C=O) groups excluding carboxylic acids is 1. The first-order valence-corrected chi connectivity index (χ1v) is 4.80. The van der Waals surface area contributed by atoms with E-state index in [4.69, 9.17) is 0 Å². The van der Waals surface area contributed by atoms with Crippen LogP contribution in [-0.2, 0) is 0 Å². The van der Waals surface area contributed by atoms with E-state index in [1.165, 1.54) is 12.8 Å². The number of hydrogen-bond acceptors (Lipinski definition) is 2. The van der Waals surface area contributed by atoms with Crippen LogP contribution in [0.2, 0.25) is 0 Å². The van der Waals surface area contributed by atoms with Crippen LogP contribution in [0.25, 0.3) is 11.0 Å². The second-order valence-electron chi connectivity index (χ2n) is 3.75. The van der Waals surface area contributed by atoms with E-state index in [-0.39, 0.29) is 0 Å². The smallest absolute Gasteiger partial charge is 0.150 e. The second-order valence-corrected chi connectivity index (χ2v) is 3.75. The van der Waals surface area contributed by atoms with E-state index in [9.17, 15) is 4.79 Å². The maximum Gasteiger partial charge on any atom is 0.150 e. The van der Waals surface area contributed by atoms with Crippen LogP contribution in [0.1, 0.15) is 29.2 Å². The molecule has 0 N–H and O–H groups in total. The zero-order valence-electron chi connectivity index (χ0n) is 7.68. The molecule has 1 saturated carbocycles. The predicted octanol–water partition coefficient (Wildman–Crippen LogP) is 2.18. The Hall–Kier alpha value is -1.64. The summed E-state index contributed by atoms with van der Waals surface area (Å²) in [7, 11) is 0. The highest BCUT2D eigenvalue weighted by molar-refractivity contribution is 5.85. The van der Waals surface area contributed by atoms with Crippen LogP contribution in [0.15, 0.2) is 24.5 Å². The quantitative estimate of drug-likeness (QED) is 0.674. The molecule has 1 aliphatic carbocycles. The van der Waals surface area contributed by atoms with Gasteiger partial charge in [-0.15, -0.1) is 0 Å². The molecule has 1 aliphatic rings. The topological polar surface area (TPSA) is 34.9 Å². The minimum absolute atomic E-state index is 0.613. The van der Waals surface area contributed by atoms with Crippen LogP contribution in [0.5, 0.6) is 0 Å². The van der Waals surface area contributed by atoms with Crippen molar-refractivity contribution in [3.63, 3.8) is 0 Å². The molecule has 0 spiro atoms. The van der Waals surface area contributed by atoms with E-state index in [0.29, 0.717) is 6.04 Å². The summed E-state index contributed by atoms with van der Waals surface area (Å²) in [5.41, 5.74) is 2.78. The molecule has 0 atom stereocenters. The van der Waals surface area contributed by atoms with Gasteiger partial charge in [-0.1, -0.05) is 0 Å². The maximum atomic E-state index is 10.6. The van der Waals surface area contributed by atoms with Crippen LogP contribution >= 0.6 is 0 Å². The largest absolute Gasteiger partial charge is 0.327 e. The Bertz CT molecular complexity index is 497. The maximum absolute atomic E-state index is 10.6. The first kappa shape index (κ1) is 7.74.